The fraction of sp³-hybridized carbons (Fsp3) is 0.273. The van der Waals surface area contributed by atoms with Gasteiger partial charge in [-0.3, -0.25) is 10.1 Å². The first kappa shape index (κ1) is 12.0. The lowest BCUT2D eigenvalue weighted by molar-refractivity contribution is 0.101. The van der Waals surface area contributed by atoms with Gasteiger partial charge in [-0.05, 0) is 26.0 Å². The van der Waals surface area contributed by atoms with Gasteiger partial charge in [0, 0.05) is 6.54 Å². The van der Waals surface area contributed by atoms with E-state index in [9.17, 15) is 4.79 Å². The zero-order chi connectivity index (χ0) is 13.0. The van der Waals surface area contributed by atoms with Crippen LogP contribution in [-0.2, 0) is 0 Å². The van der Waals surface area contributed by atoms with E-state index in [0.29, 0.717) is 11.5 Å². The smallest absolute Gasteiger partial charge is 0.301 e. The molecule has 0 bridgehead atoms. The summed E-state index contributed by atoms with van der Waals surface area (Å²) in [5.74, 6) is 0.216. The Morgan fingerprint density at radius 1 is 1.39 bits per heavy atom. The van der Waals surface area contributed by atoms with E-state index in [2.05, 4.69) is 25.8 Å². The summed E-state index contributed by atoms with van der Waals surface area (Å²) < 4.78 is 5.02. The Labute approximate surface area is 104 Å². The van der Waals surface area contributed by atoms with Crippen LogP contribution in [0.2, 0.25) is 0 Å². The summed E-state index contributed by atoms with van der Waals surface area (Å²) in [5.41, 5.74) is 0.895. The topological polar surface area (TPSA) is 92.9 Å². The number of hydrogen-bond donors (Lipinski definition) is 2. The Balaban J connectivity index is 2.04. The van der Waals surface area contributed by atoms with Crippen LogP contribution < -0.4 is 10.6 Å². The van der Waals surface area contributed by atoms with Crippen molar-refractivity contribution in [2.75, 3.05) is 17.2 Å². The maximum absolute atomic E-state index is 11.8. The largest absolute Gasteiger partial charge is 0.432 e. The third-order valence-corrected chi connectivity index (χ3v) is 2.09. The van der Waals surface area contributed by atoms with E-state index in [0.717, 1.165) is 6.54 Å². The first-order chi connectivity index (χ1) is 8.69. The minimum absolute atomic E-state index is 0.148. The molecule has 2 rings (SSSR count). The number of amides is 1. The Morgan fingerprint density at radius 2 is 2.22 bits per heavy atom. The van der Waals surface area contributed by atoms with Crippen LogP contribution >= 0.6 is 0 Å². The van der Waals surface area contributed by atoms with Crippen molar-refractivity contribution in [3.8, 4) is 0 Å². The number of rotatable bonds is 4. The summed E-state index contributed by atoms with van der Waals surface area (Å²) in [6, 6.07) is 3.41. The fourth-order valence-corrected chi connectivity index (χ4v) is 1.30. The lowest BCUT2D eigenvalue weighted by atomic mass is 10.3. The van der Waals surface area contributed by atoms with Crippen molar-refractivity contribution in [2.45, 2.75) is 13.8 Å². The lowest BCUT2D eigenvalue weighted by Gasteiger charge is -2.02. The minimum atomic E-state index is -0.410. The molecule has 0 aliphatic rings. The highest BCUT2D eigenvalue weighted by atomic mass is 16.4. The summed E-state index contributed by atoms with van der Waals surface area (Å²) in [7, 11) is 0. The second-order valence-electron chi connectivity index (χ2n) is 3.58. The predicted octanol–water partition coefficient (Wildman–Crippen LogP) is 1.46. The average Bonchev–Trinajstić information content (AvgIpc) is 2.76. The van der Waals surface area contributed by atoms with E-state index in [1.807, 2.05) is 6.92 Å². The van der Waals surface area contributed by atoms with E-state index in [-0.39, 0.29) is 11.7 Å². The Bertz CT molecular complexity index is 535. The van der Waals surface area contributed by atoms with Gasteiger partial charge in [0.05, 0.1) is 5.69 Å². The van der Waals surface area contributed by atoms with Gasteiger partial charge in [-0.2, -0.15) is 4.98 Å². The molecule has 7 heteroatoms. The monoisotopic (exact) mass is 247 g/mol. The van der Waals surface area contributed by atoms with E-state index in [4.69, 9.17) is 4.42 Å². The van der Waals surface area contributed by atoms with Gasteiger partial charge < -0.3 is 9.73 Å². The Morgan fingerprint density at radius 3 is 2.78 bits per heavy atom. The van der Waals surface area contributed by atoms with Crippen molar-refractivity contribution in [3.63, 3.8) is 0 Å². The van der Waals surface area contributed by atoms with E-state index in [1.165, 1.54) is 6.26 Å². The van der Waals surface area contributed by atoms with Crippen molar-refractivity contribution in [2.24, 2.45) is 0 Å². The van der Waals surface area contributed by atoms with Gasteiger partial charge in [0.1, 0.15) is 12.1 Å². The summed E-state index contributed by atoms with van der Waals surface area (Å²) in [6.07, 6.45) is 1.45. The molecule has 1 amide bonds. The molecule has 2 heterocycles. The molecule has 0 unspecified atom stereocenters. The van der Waals surface area contributed by atoms with Gasteiger partial charge in [0.15, 0.2) is 5.69 Å². The number of nitrogens with zero attached hydrogens (tertiary/aromatic N) is 3. The summed E-state index contributed by atoms with van der Waals surface area (Å²) in [4.78, 5) is 15.7. The van der Waals surface area contributed by atoms with Gasteiger partial charge in [-0.25, -0.2) is 0 Å². The van der Waals surface area contributed by atoms with Crippen molar-refractivity contribution in [1.29, 1.82) is 0 Å². The molecular formula is C11H13N5O2. The van der Waals surface area contributed by atoms with Gasteiger partial charge in [0.2, 0.25) is 0 Å². The third kappa shape index (κ3) is 2.82. The zero-order valence-electron chi connectivity index (χ0n) is 10.1. The molecule has 94 valence electrons. The predicted molar refractivity (Wildman–Crippen MR) is 65.4 cm³/mol. The summed E-state index contributed by atoms with van der Waals surface area (Å²) in [6.45, 7) is 4.47. The highest BCUT2D eigenvalue weighted by Crippen LogP contribution is 2.08. The van der Waals surface area contributed by atoms with Crippen LogP contribution in [0.4, 0.5) is 11.8 Å². The van der Waals surface area contributed by atoms with Crippen molar-refractivity contribution < 1.29 is 9.21 Å². The first-order valence-corrected chi connectivity index (χ1v) is 5.50. The molecule has 0 aliphatic heterocycles. The summed E-state index contributed by atoms with van der Waals surface area (Å²) in [5, 5.41) is 13.2. The fourth-order valence-electron chi connectivity index (χ4n) is 1.30. The number of aryl methyl sites for hydroxylation is 1. The standard InChI is InChI=1S/C11H13N5O2/c1-3-12-9-5-4-8(15-16-9)10(17)14-11-13-7(2)6-18-11/h4-6H,3H2,1-2H3,(H,12,16)(H,13,14,17). The molecule has 0 radical (unpaired) electrons. The molecule has 0 atom stereocenters. The van der Waals surface area contributed by atoms with E-state index in [1.54, 1.807) is 19.1 Å². The molecule has 0 saturated carbocycles. The zero-order valence-corrected chi connectivity index (χ0v) is 10.1. The molecule has 0 aliphatic carbocycles. The highest BCUT2D eigenvalue weighted by molar-refractivity contribution is 6.01. The molecule has 18 heavy (non-hydrogen) atoms. The number of anilines is 2. The molecule has 0 saturated heterocycles. The van der Waals surface area contributed by atoms with Crippen molar-refractivity contribution >= 4 is 17.7 Å². The summed E-state index contributed by atoms with van der Waals surface area (Å²) >= 11 is 0. The van der Waals surface area contributed by atoms with Crippen LogP contribution in [0.5, 0.6) is 0 Å². The second kappa shape index (κ2) is 5.26. The van der Waals surface area contributed by atoms with Gasteiger partial charge in [-0.1, -0.05) is 0 Å². The van der Waals surface area contributed by atoms with Crippen LogP contribution in [-0.4, -0.2) is 27.6 Å². The Hall–Kier alpha value is -2.44. The van der Waals surface area contributed by atoms with E-state index < -0.39 is 5.91 Å². The second-order valence-corrected chi connectivity index (χ2v) is 3.58. The molecule has 2 N–H and O–H groups in total. The quantitative estimate of drug-likeness (QED) is 0.849. The maximum atomic E-state index is 11.8. The lowest BCUT2D eigenvalue weighted by Crippen LogP contribution is -2.15. The van der Waals surface area contributed by atoms with Crippen molar-refractivity contribution in [1.82, 2.24) is 15.2 Å². The normalized spacial score (nSPS) is 10.1. The van der Waals surface area contributed by atoms with Crippen LogP contribution in [0.3, 0.4) is 0 Å². The van der Waals surface area contributed by atoms with Gasteiger partial charge in [-0.15, -0.1) is 10.2 Å². The molecule has 0 aromatic carbocycles. The van der Waals surface area contributed by atoms with Gasteiger partial charge >= 0.3 is 6.01 Å². The number of nitrogens with one attached hydrogen (secondary N) is 2. The SMILES string of the molecule is CCNc1ccc(C(=O)Nc2nc(C)co2)nn1. The number of oxazole rings is 1. The van der Waals surface area contributed by atoms with Gasteiger partial charge in [0.25, 0.3) is 5.91 Å². The van der Waals surface area contributed by atoms with Crippen LogP contribution in [0.25, 0.3) is 0 Å². The molecule has 2 aromatic heterocycles. The van der Waals surface area contributed by atoms with Crippen LogP contribution in [0.15, 0.2) is 22.8 Å². The number of carbonyl (C=O) groups is 1. The van der Waals surface area contributed by atoms with Crippen LogP contribution in [0, 0.1) is 6.92 Å². The average molecular weight is 247 g/mol. The maximum Gasteiger partial charge on any atom is 0.301 e. The molecule has 0 fully saturated rings. The third-order valence-electron chi connectivity index (χ3n) is 2.09. The number of aromatic nitrogens is 3. The first-order valence-electron chi connectivity index (χ1n) is 5.50. The van der Waals surface area contributed by atoms with Crippen LogP contribution in [0.1, 0.15) is 23.1 Å². The minimum Gasteiger partial charge on any atom is -0.432 e. The van der Waals surface area contributed by atoms with E-state index >= 15 is 0 Å². The molecule has 0 spiro atoms. The number of hydrogen-bond acceptors (Lipinski definition) is 6. The molecule has 2 aromatic rings. The number of carbonyl (C=O) groups excluding carboxylic acids is 1. The molecular weight excluding hydrogens is 234 g/mol. The molecule has 7 nitrogen and oxygen atoms in total. The Kier molecular flexibility index (Phi) is 3.52. The van der Waals surface area contributed by atoms with Crippen molar-refractivity contribution in [3.05, 3.63) is 29.8 Å². The highest BCUT2D eigenvalue weighted by Gasteiger charge is 2.11.